The topological polar surface area (TPSA) is 97.3 Å². The number of carbonyl (C=O) groups is 1. The van der Waals surface area contributed by atoms with Gasteiger partial charge in [-0.3, -0.25) is 4.79 Å². The van der Waals surface area contributed by atoms with Gasteiger partial charge in [-0.25, -0.2) is 13.8 Å². The first-order valence-electron chi connectivity index (χ1n) is 10.6. The van der Waals surface area contributed by atoms with Crippen LogP contribution in [-0.4, -0.2) is 52.2 Å². The molecule has 0 radical (unpaired) electrons. The molecule has 0 saturated heterocycles. The number of benzene rings is 3. The third-order valence-electron chi connectivity index (χ3n) is 5.02. The number of nitrogens with zero attached hydrogens (tertiary/aromatic N) is 2. The van der Waals surface area contributed by atoms with Crippen LogP contribution in [0.25, 0.3) is 0 Å². The Hall–Kier alpha value is -3.69. The van der Waals surface area contributed by atoms with E-state index in [0.717, 1.165) is 9.87 Å². The number of hydrogen-bond donors (Lipinski definition) is 1. The van der Waals surface area contributed by atoms with Crippen molar-refractivity contribution in [2.75, 3.05) is 27.3 Å². The SMILES string of the molecule is COc1cccc(/C=N\NC(=O)CN(CCc2ccccc2)S(=O)(=O)c2ccccc2)c1OC. The van der Waals surface area contributed by atoms with Crippen LogP contribution < -0.4 is 14.9 Å². The van der Waals surface area contributed by atoms with E-state index < -0.39 is 15.9 Å². The van der Waals surface area contributed by atoms with Crippen molar-refractivity contribution < 1.29 is 22.7 Å². The van der Waals surface area contributed by atoms with Crippen LogP contribution in [0.5, 0.6) is 11.5 Å². The van der Waals surface area contributed by atoms with Crippen LogP contribution in [0.4, 0.5) is 0 Å². The second-order valence-corrected chi connectivity index (χ2v) is 9.20. The number of nitrogens with one attached hydrogen (secondary N) is 1. The van der Waals surface area contributed by atoms with Crippen molar-refractivity contribution in [1.82, 2.24) is 9.73 Å². The molecule has 0 saturated carbocycles. The van der Waals surface area contributed by atoms with Gasteiger partial charge in [0.05, 0.1) is 31.9 Å². The number of para-hydroxylation sites is 1. The number of methoxy groups -OCH3 is 2. The van der Waals surface area contributed by atoms with Gasteiger partial charge in [0.1, 0.15) is 0 Å². The Morgan fingerprint density at radius 1 is 0.941 bits per heavy atom. The van der Waals surface area contributed by atoms with E-state index in [-0.39, 0.29) is 18.0 Å². The van der Waals surface area contributed by atoms with Gasteiger partial charge >= 0.3 is 0 Å². The molecule has 178 valence electrons. The lowest BCUT2D eigenvalue weighted by molar-refractivity contribution is -0.121. The number of rotatable bonds is 11. The minimum Gasteiger partial charge on any atom is -0.493 e. The van der Waals surface area contributed by atoms with Gasteiger partial charge in [-0.1, -0.05) is 54.6 Å². The fourth-order valence-corrected chi connectivity index (χ4v) is 4.73. The zero-order valence-electron chi connectivity index (χ0n) is 19.0. The Morgan fingerprint density at radius 3 is 2.26 bits per heavy atom. The summed E-state index contributed by atoms with van der Waals surface area (Å²) in [5.41, 5.74) is 3.97. The Morgan fingerprint density at radius 2 is 1.62 bits per heavy atom. The quantitative estimate of drug-likeness (QED) is 0.335. The zero-order valence-corrected chi connectivity index (χ0v) is 19.9. The highest BCUT2D eigenvalue weighted by Gasteiger charge is 2.26. The highest BCUT2D eigenvalue weighted by molar-refractivity contribution is 7.89. The lowest BCUT2D eigenvalue weighted by Crippen LogP contribution is -2.40. The molecule has 0 aliphatic rings. The highest BCUT2D eigenvalue weighted by Crippen LogP contribution is 2.29. The molecule has 0 spiro atoms. The summed E-state index contributed by atoms with van der Waals surface area (Å²) >= 11 is 0. The van der Waals surface area contributed by atoms with Gasteiger partial charge in [-0.15, -0.1) is 0 Å². The van der Waals surface area contributed by atoms with E-state index >= 15 is 0 Å². The Balaban J connectivity index is 1.74. The normalized spacial score (nSPS) is 11.5. The third kappa shape index (κ3) is 6.43. The number of carbonyl (C=O) groups excluding carboxylic acids is 1. The van der Waals surface area contributed by atoms with Gasteiger partial charge in [0.15, 0.2) is 11.5 Å². The second kappa shape index (κ2) is 12.0. The van der Waals surface area contributed by atoms with Crippen molar-refractivity contribution in [2.45, 2.75) is 11.3 Å². The molecule has 3 aromatic carbocycles. The molecule has 1 N–H and O–H groups in total. The lowest BCUT2D eigenvalue weighted by Gasteiger charge is -2.21. The molecule has 3 rings (SSSR count). The van der Waals surface area contributed by atoms with Gasteiger partial charge < -0.3 is 9.47 Å². The number of amides is 1. The molecule has 34 heavy (non-hydrogen) atoms. The number of hydrogen-bond acceptors (Lipinski definition) is 6. The fraction of sp³-hybridized carbons (Fsp3) is 0.200. The maximum absolute atomic E-state index is 13.2. The molecule has 0 aromatic heterocycles. The standard InChI is InChI=1S/C25H27N3O5S/c1-32-23-15-9-12-21(25(23)33-2)18-26-27-24(29)19-28(17-16-20-10-5-3-6-11-20)34(30,31)22-13-7-4-8-14-22/h3-15,18H,16-17,19H2,1-2H3,(H,27,29)/b26-18-. The molecule has 0 heterocycles. The van der Waals surface area contributed by atoms with Crippen LogP contribution in [0.3, 0.4) is 0 Å². The monoisotopic (exact) mass is 481 g/mol. The molecule has 8 nitrogen and oxygen atoms in total. The number of ether oxygens (including phenoxy) is 2. The van der Waals surface area contributed by atoms with Crippen molar-refractivity contribution in [1.29, 1.82) is 0 Å². The summed E-state index contributed by atoms with van der Waals surface area (Å²) in [7, 11) is -0.847. The van der Waals surface area contributed by atoms with Crippen LogP contribution in [0.1, 0.15) is 11.1 Å². The van der Waals surface area contributed by atoms with Crippen molar-refractivity contribution in [2.24, 2.45) is 5.10 Å². The summed E-state index contributed by atoms with van der Waals surface area (Å²) in [6.07, 6.45) is 1.88. The number of sulfonamides is 1. The van der Waals surface area contributed by atoms with E-state index in [1.807, 2.05) is 30.3 Å². The predicted molar refractivity (Wildman–Crippen MR) is 131 cm³/mol. The zero-order chi connectivity index (χ0) is 24.4. The fourth-order valence-electron chi connectivity index (χ4n) is 3.31. The summed E-state index contributed by atoms with van der Waals surface area (Å²) < 4.78 is 38.2. The molecular formula is C25H27N3O5S. The summed E-state index contributed by atoms with van der Waals surface area (Å²) in [6.45, 7) is -0.237. The molecular weight excluding hydrogens is 454 g/mol. The second-order valence-electron chi connectivity index (χ2n) is 7.26. The van der Waals surface area contributed by atoms with Gasteiger partial charge in [0.2, 0.25) is 10.0 Å². The molecule has 0 aliphatic heterocycles. The minimum absolute atomic E-state index is 0.125. The molecule has 1 amide bonds. The first-order valence-corrected chi connectivity index (χ1v) is 12.0. The van der Waals surface area contributed by atoms with E-state index in [9.17, 15) is 13.2 Å². The van der Waals surface area contributed by atoms with E-state index in [2.05, 4.69) is 10.5 Å². The summed E-state index contributed by atoms with van der Waals surface area (Å²) in [5.74, 6) is 0.434. The molecule has 0 unspecified atom stereocenters. The van der Waals surface area contributed by atoms with Crippen molar-refractivity contribution in [3.8, 4) is 11.5 Å². The molecule has 0 bridgehead atoms. The first kappa shape index (κ1) is 24.9. The average Bonchev–Trinajstić information content (AvgIpc) is 2.87. The van der Waals surface area contributed by atoms with Gasteiger partial charge in [0, 0.05) is 12.1 Å². The highest BCUT2D eigenvalue weighted by atomic mass is 32.2. The molecule has 0 aliphatic carbocycles. The van der Waals surface area contributed by atoms with Crippen LogP contribution >= 0.6 is 0 Å². The maximum Gasteiger partial charge on any atom is 0.255 e. The van der Waals surface area contributed by atoms with Crippen LogP contribution in [0.15, 0.2) is 88.9 Å². The van der Waals surface area contributed by atoms with Crippen LogP contribution in [0.2, 0.25) is 0 Å². The summed E-state index contributed by atoms with van der Waals surface area (Å²) in [4.78, 5) is 12.7. The molecule has 0 atom stereocenters. The van der Waals surface area contributed by atoms with E-state index in [1.165, 1.54) is 32.6 Å². The minimum atomic E-state index is -3.88. The summed E-state index contributed by atoms with van der Waals surface area (Å²) in [6, 6.07) is 22.8. The largest absolute Gasteiger partial charge is 0.493 e. The Bertz CT molecular complexity index is 1220. The first-order chi connectivity index (χ1) is 16.5. The van der Waals surface area contributed by atoms with Gasteiger partial charge in [-0.2, -0.15) is 9.41 Å². The lowest BCUT2D eigenvalue weighted by atomic mass is 10.1. The van der Waals surface area contributed by atoms with Crippen molar-refractivity contribution in [3.05, 3.63) is 90.0 Å². The smallest absolute Gasteiger partial charge is 0.255 e. The van der Waals surface area contributed by atoms with Crippen molar-refractivity contribution in [3.63, 3.8) is 0 Å². The predicted octanol–water partition coefficient (Wildman–Crippen LogP) is 3.09. The maximum atomic E-state index is 13.2. The van der Waals surface area contributed by atoms with E-state index in [0.29, 0.717) is 23.5 Å². The van der Waals surface area contributed by atoms with E-state index in [4.69, 9.17) is 9.47 Å². The average molecular weight is 482 g/mol. The Labute approximate surface area is 199 Å². The molecule has 9 heteroatoms. The van der Waals surface area contributed by atoms with Gasteiger partial charge in [0.25, 0.3) is 5.91 Å². The molecule has 3 aromatic rings. The van der Waals surface area contributed by atoms with Gasteiger partial charge in [-0.05, 0) is 36.2 Å². The van der Waals surface area contributed by atoms with Crippen LogP contribution in [0, 0.1) is 0 Å². The Kier molecular flexibility index (Phi) is 8.78. The van der Waals surface area contributed by atoms with Crippen LogP contribution in [-0.2, 0) is 21.2 Å². The summed E-state index contributed by atoms with van der Waals surface area (Å²) in [5, 5.41) is 3.97. The third-order valence-corrected chi connectivity index (χ3v) is 6.88. The van der Waals surface area contributed by atoms with E-state index in [1.54, 1.807) is 36.4 Å². The molecule has 0 fully saturated rings. The number of hydrazone groups is 1. The van der Waals surface area contributed by atoms with Crippen molar-refractivity contribution >= 4 is 22.1 Å².